The fraction of sp³-hybridized carbons (Fsp3) is 0.294. The Balaban J connectivity index is 1.38. The third-order valence-corrected chi connectivity index (χ3v) is 7.13. The number of unbranched alkanes of at least 4 members (excludes halogenated alkanes) is 1. The van der Waals surface area contributed by atoms with Gasteiger partial charge in [-0.25, -0.2) is 0 Å². The zero-order chi connectivity index (χ0) is 26.2. The molecule has 0 amide bonds. The lowest BCUT2D eigenvalue weighted by atomic mass is 9.76. The molecule has 196 valence electrons. The van der Waals surface area contributed by atoms with Crippen LogP contribution in [0, 0.1) is 0 Å². The van der Waals surface area contributed by atoms with Crippen molar-refractivity contribution in [3.63, 3.8) is 0 Å². The molecule has 0 aliphatic carbocycles. The van der Waals surface area contributed by atoms with E-state index in [-0.39, 0.29) is 18.1 Å². The number of benzene rings is 4. The first-order valence-corrected chi connectivity index (χ1v) is 13.7. The molecule has 4 heteroatoms. The Labute approximate surface area is 226 Å². The molecule has 5 rings (SSSR count). The van der Waals surface area contributed by atoms with E-state index < -0.39 is 0 Å². The molecule has 1 N–H and O–H groups in total. The van der Waals surface area contributed by atoms with Gasteiger partial charge < -0.3 is 14.2 Å². The molecule has 0 saturated carbocycles. The average Bonchev–Trinajstić information content (AvgIpc) is 2.97. The van der Waals surface area contributed by atoms with Crippen LogP contribution in [0.1, 0.15) is 60.8 Å². The maximum Gasteiger partial charge on any atom is 0.147 e. The van der Waals surface area contributed by atoms with E-state index in [9.17, 15) is 0 Å². The smallest absolute Gasteiger partial charge is 0.147 e. The Kier molecular flexibility index (Phi) is 8.62. The molecule has 1 aliphatic rings. The van der Waals surface area contributed by atoms with Crippen LogP contribution in [0.15, 0.2) is 103 Å². The molecule has 3 unspecified atom stereocenters. The summed E-state index contributed by atoms with van der Waals surface area (Å²) in [5.41, 5.74) is 4.85. The van der Waals surface area contributed by atoms with Crippen LogP contribution in [-0.4, -0.2) is 19.4 Å². The molecule has 1 heterocycles. The highest BCUT2D eigenvalue weighted by Crippen LogP contribution is 2.47. The summed E-state index contributed by atoms with van der Waals surface area (Å²) < 4.78 is 18.6. The van der Waals surface area contributed by atoms with E-state index in [1.54, 1.807) is 0 Å². The summed E-state index contributed by atoms with van der Waals surface area (Å²) in [6.07, 6.45) is 2.29. The van der Waals surface area contributed by atoms with Crippen LogP contribution in [0.3, 0.4) is 0 Å². The van der Waals surface area contributed by atoms with Gasteiger partial charge in [0.1, 0.15) is 30.1 Å². The highest BCUT2D eigenvalue weighted by Gasteiger charge is 2.33. The van der Waals surface area contributed by atoms with Gasteiger partial charge in [0.2, 0.25) is 0 Å². The lowest BCUT2D eigenvalue weighted by Crippen LogP contribution is -2.32. The van der Waals surface area contributed by atoms with Crippen LogP contribution in [0.4, 0.5) is 0 Å². The molecule has 0 saturated heterocycles. The maximum atomic E-state index is 6.35. The van der Waals surface area contributed by atoms with E-state index in [2.05, 4.69) is 98.0 Å². The van der Waals surface area contributed by atoms with E-state index in [0.717, 1.165) is 35.8 Å². The molecule has 4 nitrogen and oxygen atoms in total. The van der Waals surface area contributed by atoms with Gasteiger partial charge in [-0.15, -0.1) is 0 Å². The fourth-order valence-corrected chi connectivity index (χ4v) is 5.10. The summed E-state index contributed by atoms with van der Waals surface area (Å²) in [6, 6.07) is 35.7. The molecule has 0 bridgehead atoms. The monoisotopic (exact) mass is 507 g/mol. The lowest BCUT2D eigenvalue weighted by molar-refractivity contribution is 0.182. The van der Waals surface area contributed by atoms with E-state index in [1.165, 1.54) is 23.1 Å². The first-order valence-electron chi connectivity index (χ1n) is 13.7. The topological polar surface area (TPSA) is 39.7 Å². The van der Waals surface area contributed by atoms with Crippen LogP contribution in [0.25, 0.3) is 0 Å². The van der Waals surface area contributed by atoms with Crippen LogP contribution >= 0.6 is 0 Å². The number of fused-ring (bicyclic) bond motifs is 1. The minimum absolute atomic E-state index is 0.0254. The summed E-state index contributed by atoms with van der Waals surface area (Å²) in [4.78, 5) is 0. The minimum Gasteiger partial charge on any atom is -0.492 e. The van der Waals surface area contributed by atoms with Gasteiger partial charge in [0.25, 0.3) is 0 Å². The summed E-state index contributed by atoms with van der Waals surface area (Å²) in [7, 11) is 0. The quantitative estimate of drug-likeness (QED) is 0.167. The number of hydrogen-bond acceptors (Lipinski definition) is 4. The Morgan fingerprint density at radius 3 is 2.29 bits per heavy atom. The van der Waals surface area contributed by atoms with Crippen molar-refractivity contribution in [2.24, 2.45) is 0 Å². The van der Waals surface area contributed by atoms with E-state index in [4.69, 9.17) is 14.2 Å². The molecule has 4 aromatic rings. The second-order valence-corrected chi connectivity index (χ2v) is 9.92. The highest BCUT2D eigenvalue weighted by molar-refractivity contribution is 5.51. The number of rotatable bonds is 11. The molecule has 3 atom stereocenters. The Morgan fingerprint density at radius 2 is 1.55 bits per heavy atom. The van der Waals surface area contributed by atoms with Crippen molar-refractivity contribution in [1.82, 2.24) is 5.32 Å². The average molecular weight is 508 g/mol. The summed E-state index contributed by atoms with van der Waals surface area (Å²) in [5, 5.41) is 3.43. The first kappa shape index (κ1) is 25.9. The van der Waals surface area contributed by atoms with Crippen LogP contribution < -0.4 is 19.5 Å². The largest absolute Gasteiger partial charge is 0.492 e. The van der Waals surface area contributed by atoms with Gasteiger partial charge in [-0.2, -0.15) is 0 Å². The molecular formula is C34H37NO3. The number of nitrogens with one attached hydrogen (secondary N) is 1. The van der Waals surface area contributed by atoms with Crippen molar-refractivity contribution in [1.29, 1.82) is 0 Å². The Hall–Kier alpha value is -3.76. The SMILES string of the molecule is CCCCNC(C)Oc1ccc(C2c3ccc(OCc4ccccc4)cc3OCC2c2ccccc2)cc1. The molecule has 0 aromatic heterocycles. The van der Waals surface area contributed by atoms with Crippen molar-refractivity contribution < 1.29 is 14.2 Å². The van der Waals surface area contributed by atoms with Gasteiger partial charge in [-0.05, 0) is 54.8 Å². The molecule has 0 spiro atoms. The van der Waals surface area contributed by atoms with Gasteiger partial charge in [-0.3, -0.25) is 5.32 Å². The Bertz CT molecular complexity index is 1270. The van der Waals surface area contributed by atoms with Crippen molar-refractivity contribution in [3.05, 3.63) is 125 Å². The third-order valence-electron chi connectivity index (χ3n) is 7.13. The Morgan fingerprint density at radius 1 is 0.842 bits per heavy atom. The van der Waals surface area contributed by atoms with Gasteiger partial charge >= 0.3 is 0 Å². The molecule has 0 radical (unpaired) electrons. The lowest BCUT2D eigenvalue weighted by Gasteiger charge is -2.35. The van der Waals surface area contributed by atoms with Gasteiger partial charge in [0, 0.05) is 23.5 Å². The van der Waals surface area contributed by atoms with Crippen molar-refractivity contribution in [2.45, 2.75) is 51.4 Å². The van der Waals surface area contributed by atoms with Gasteiger partial charge in [0.15, 0.2) is 0 Å². The predicted octanol–water partition coefficient (Wildman–Crippen LogP) is 7.69. The fourth-order valence-electron chi connectivity index (χ4n) is 5.10. The normalized spacial score (nSPS) is 17.2. The molecule has 0 fully saturated rings. The summed E-state index contributed by atoms with van der Waals surface area (Å²) in [6.45, 7) is 6.36. The molecule has 38 heavy (non-hydrogen) atoms. The second kappa shape index (κ2) is 12.7. The zero-order valence-corrected chi connectivity index (χ0v) is 22.3. The summed E-state index contributed by atoms with van der Waals surface area (Å²) in [5.74, 6) is 2.96. The zero-order valence-electron chi connectivity index (χ0n) is 22.3. The van der Waals surface area contributed by atoms with E-state index in [1.807, 2.05) is 24.3 Å². The highest BCUT2D eigenvalue weighted by atomic mass is 16.5. The van der Waals surface area contributed by atoms with Crippen molar-refractivity contribution in [2.75, 3.05) is 13.2 Å². The van der Waals surface area contributed by atoms with Crippen LogP contribution in [-0.2, 0) is 6.61 Å². The molecule has 1 aliphatic heterocycles. The van der Waals surface area contributed by atoms with E-state index >= 15 is 0 Å². The van der Waals surface area contributed by atoms with Gasteiger partial charge in [0.05, 0.1) is 6.61 Å². The molecule has 4 aromatic carbocycles. The third kappa shape index (κ3) is 6.38. The van der Waals surface area contributed by atoms with Crippen LogP contribution in [0.2, 0.25) is 0 Å². The van der Waals surface area contributed by atoms with Crippen molar-refractivity contribution in [3.8, 4) is 17.2 Å². The maximum absolute atomic E-state index is 6.35. The first-order chi connectivity index (χ1) is 18.7. The number of ether oxygens (including phenoxy) is 3. The van der Waals surface area contributed by atoms with Gasteiger partial charge in [-0.1, -0.05) is 92.2 Å². The predicted molar refractivity (Wildman–Crippen MR) is 153 cm³/mol. The minimum atomic E-state index is -0.0254. The van der Waals surface area contributed by atoms with Crippen LogP contribution in [0.5, 0.6) is 17.2 Å². The van der Waals surface area contributed by atoms with Crippen molar-refractivity contribution >= 4 is 0 Å². The standard InChI is InChI=1S/C34H37NO3/c1-3-4-21-35-25(2)38-29-17-15-28(16-18-29)34-31-20-19-30(36-23-26-11-7-5-8-12-26)22-33(31)37-24-32(34)27-13-9-6-10-14-27/h5-20,22,25,32,34-35H,3-4,21,23-24H2,1-2H3. The number of hydrogen-bond donors (Lipinski definition) is 1. The molecular weight excluding hydrogens is 470 g/mol. The summed E-state index contributed by atoms with van der Waals surface area (Å²) >= 11 is 0. The second-order valence-electron chi connectivity index (χ2n) is 9.92. The van der Waals surface area contributed by atoms with E-state index in [0.29, 0.717) is 13.2 Å².